The largest absolute Gasteiger partial charge is 0.469 e. The van der Waals surface area contributed by atoms with Gasteiger partial charge in [-0.25, -0.2) is 24.3 Å². The fraction of sp³-hybridized carbons (Fsp3) is 0.478. The Morgan fingerprint density at radius 1 is 1.08 bits per heavy atom. The van der Waals surface area contributed by atoms with Crippen molar-refractivity contribution in [2.75, 3.05) is 11.9 Å². The average Bonchev–Trinajstić information content (AvgIpc) is 3.68. The van der Waals surface area contributed by atoms with E-state index in [0.29, 0.717) is 11.2 Å². The molecule has 1 aliphatic carbocycles. The van der Waals surface area contributed by atoms with Crippen LogP contribution in [-0.2, 0) is 23.3 Å². The molecule has 2 amide bonds. The molecule has 2 unspecified atom stereocenters. The van der Waals surface area contributed by atoms with Crippen LogP contribution in [0.4, 0.5) is 10.6 Å². The summed E-state index contributed by atoms with van der Waals surface area (Å²) in [6.45, 7) is -0.414. The second-order valence-corrected chi connectivity index (χ2v) is 10.7. The van der Waals surface area contributed by atoms with Gasteiger partial charge in [0.1, 0.15) is 24.6 Å². The SMILES string of the molecule is O=C(Nc1ncnc2c1ncn2[C@@H]1O[C@H](COP(=O)(O)O)C2OC(c3ccccc3)O[C@@H]21)NC1CCCC1. The van der Waals surface area contributed by atoms with Crippen LogP contribution in [0.25, 0.3) is 11.2 Å². The van der Waals surface area contributed by atoms with Gasteiger partial charge in [-0.15, -0.1) is 0 Å². The minimum atomic E-state index is -4.74. The number of hydrogen-bond acceptors (Lipinski definition) is 9. The predicted octanol–water partition coefficient (Wildman–Crippen LogP) is 2.38. The molecule has 2 aliphatic heterocycles. The van der Waals surface area contributed by atoms with Crippen LogP contribution in [0.1, 0.15) is 43.8 Å². The minimum absolute atomic E-state index is 0.137. The van der Waals surface area contributed by atoms with E-state index in [2.05, 4.69) is 25.6 Å². The number of phosphoric ester groups is 1. The van der Waals surface area contributed by atoms with Crippen LogP contribution < -0.4 is 10.6 Å². The molecule has 3 fully saturated rings. The molecule has 4 heterocycles. The molecule has 1 aromatic carbocycles. The lowest BCUT2D eigenvalue weighted by Crippen LogP contribution is -2.36. The van der Waals surface area contributed by atoms with E-state index in [1.165, 1.54) is 12.7 Å². The van der Waals surface area contributed by atoms with Gasteiger partial charge in [0, 0.05) is 11.6 Å². The number of carbonyl (C=O) groups excluding carboxylic acids is 1. The Hall–Kier alpha value is -2.97. The number of benzene rings is 1. The number of amides is 2. The molecule has 4 N–H and O–H groups in total. The van der Waals surface area contributed by atoms with Crippen LogP contribution in [0.3, 0.4) is 0 Å². The molecule has 3 aromatic rings. The fourth-order valence-electron chi connectivity index (χ4n) is 5.16. The molecule has 15 heteroatoms. The lowest BCUT2D eigenvalue weighted by Gasteiger charge is -2.21. The molecule has 0 spiro atoms. The first kappa shape index (κ1) is 25.3. The van der Waals surface area contributed by atoms with Crippen molar-refractivity contribution >= 4 is 30.8 Å². The van der Waals surface area contributed by atoms with Crippen molar-refractivity contribution in [3.8, 4) is 0 Å². The van der Waals surface area contributed by atoms with Gasteiger partial charge < -0.3 is 29.3 Å². The van der Waals surface area contributed by atoms with Gasteiger partial charge in [-0.2, -0.15) is 0 Å². The highest BCUT2D eigenvalue weighted by Crippen LogP contribution is 2.46. The van der Waals surface area contributed by atoms with Crippen LogP contribution in [0, 0.1) is 0 Å². The summed E-state index contributed by atoms with van der Waals surface area (Å²) in [6.07, 6.45) is 3.16. The zero-order valence-corrected chi connectivity index (χ0v) is 21.0. The van der Waals surface area contributed by atoms with E-state index in [1.54, 1.807) is 4.57 Å². The van der Waals surface area contributed by atoms with Crippen molar-refractivity contribution in [1.82, 2.24) is 24.8 Å². The van der Waals surface area contributed by atoms with Gasteiger partial charge >= 0.3 is 13.9 Å². The highest BCUT2D eigenvalue weighted by atomic mass is 31.2. The highest BCUT2D eigenvalue weighted by Gasteiger charge is 2.54. The van der Waals surface area contributed by atoms with Crippen LogP contribution >= 0.6 is 7.82 Å². The fourth-order valence-corrected chi connectivity index (χ4v) is 5.50. The third kappa shape index (κ3) is 5.16. The Labute approximate surface area is 216 Å². The van der Waals surface area contributed by atoms with Gasteiger partial charge in [0.05, 0.1) is 12.9 Å². The quantitative estimate of drug-likeness (QED) is 0.320. The highest BCUT2D eigenvalue weighted by molar-refractivity contribution is 7.46. The first-order valence-corrected chi connectivity index (χ1v) is 13.9. The number of phosphoric acid groups is 1. The number of nitrogens with zero attached hydrogens (tertiary/aromatic N) is 4. The third-order valence-electron chi connectivity index (χ3n) is 6.88. The summed E-state index contributed by atoms with van der Waals surface area (Å²) in [7, 11) is -4.74. The van der Waals surface area contributed by atoms with E-state index in [9.17, 15) is 19.1 Å². The van der Waals surface area contributed by atoms with Gasteiger partial charge in [-0.1, -0.05) is 43.2 Å². The number of urea groups is 1. The van der Waals surface area contributed by atoms with E-state index >= 15 is 0 Å². The number of ether oxygens (including phenoxy) is 3. The van der Waals surface area contributed by atoms with Crippen LogP contribution in [-0.4, -0.2) is 66.3 Å². The van der Waals surface area contributed by atoms with Crippen LogP contribution in [0.5, 0.6) is 0 Å². The molecule has 202 valence electrons. The van der Waals surface area contributed by atoms with Crippen molar-refractivity contribution in [2.24, 2.45) is 0 Å². The normalized spacial score (nSPS) is 27.6. The number of nitrogens with one attached hydrogen (secondary N) is 2. The molecule has 38 heavy (non-hydrogen) atoms. The molecule has 1 saturated carbocycles. The van der Waals surface area contributed by atoms with Gasteiger partial charge in [-0.3, -0.25) is 14.4 Å². The molecule has 3 aliphatic rings. The topological polar surface area (TPSA) is 179 Å². The van der Waals surface area contributed by atoms with Gasteiger partial charge in [0.2, 0.25) is 0 Å². The van der Waals surface area contributed by atoms with Crippen LogP contribution in [0.2, 0.25) is 0 Å². The van der Waals surface area contributed by atoms with Crippen molar-refractivity contribution < 1.29 is 37.9 Å². The molecule has 0 bridgehead atoms. The second-order valence-electron chi connectivity index (χ2n) is 9.42. The summed E-state index contributed by atoms with van der Waals surface area (Å²) >= 11 is 0. The summed E-state index contributed by atoms with van der Waals surface area (Å²) in [5.74, 6) is 0.242. The predicted molar refractivity (Wildman–Crippen MR) is 131 cm³/mol. The van der Waals surface area contributed by atoms with Gasteiger partial charge in [-0.05, 0) is 12.8 Å². The number of rotatable bonds is 7. The van der Waals surface area contributed by atoms with Gasteiger partial charge in [0.25, 0.3) is 0 Å². The maximum absolute atomic E-state index is 12.5. The first-order chi connectivity index (χ1) is 18.4. The van der Waals surface area contributed by atoms with Crippen LogP contribution in [0.15, 0.2) is 43.0 Å². The number of aromatic nitrogens is 4. The summed E-state index contributed by atoms with van der Waals surface area (Å²) in [6, 6.07) is 9.08. The Morgan fingerprint density at radius 3 is 2.61 bits per heavy atom. The summed E-state index contributed by atoms with van der Waals surface area (Å²) in [5.41, 5.74) is 1.51. The number of fused-ring (bicyclic) bond motifs is 2. The third-order valence-corrected chi connectivity index (χ3v) is 7.37. The van der Waals surface area contributed by atoms with E-state index in [4.69, 9.17) is 18.7 Å². The first-order valence-electron chi connectivity index (χ1n) is 12.3. The smallest absolute Gasteiger partial charge is 0.347 e. The maximum atomic E-state index is 12.5. The van der Waals surface area contributed by atoms with Crippen molar-refractivity contribution in [3.63, 3.8) is 0 Å². The van der Waals surface area contributed by atoms with Crippen molar-refractivity contribution in [1.29, 1.82) is 0 Å². The molecule has 14 nitrogen and oxygen atoms in total. The zero-order valence-electron chi connectivity index (χ0n) is 20.1. The van der Waals surface area contributed by atoms with Gasteiger partial charge in [0.15, 0.2) is 29.5 Å². The molecule has 2 aromatic heterocycles. The molecule has 2 saturated heterocycles. The molecule has 0 radical (unpaired) electrons. The Morgan fingerprint density at radius 2 is 1.84 bits per heavy atom. The molecular weight excluding hydrogens is 519 g/mol. The maximum Gasteiger partial charge on any atom is 0.469 e. The molecule has 5 atom stereocenters. The summed E-state index contributed by atoms with van der Waals surface area (Å²) in [5, 5.41) is 5.71. The average molecular weight is 546 g/mol. The molecular formula is C23H27N6O8P. The minimum Gasteiger partial charge on any atom is -0.347 e. The lowest BCUT2D eigenvalue weighted by atomic mass is 10.1. The Bertz CT molecular complexity index is 1350. The summed E-state index contributed by atoms with van der Waals surface area (Å²) in [4.78, 5) is 43.9. The lowest BCUT2D eigenvalue weighted by molar-refractivity contribution is -0.152. The van der Waals surface area contributed by atoms with E-state index in [-0.39, 0.29) is 17.9 Å². The van der Waals surface area contributed by atoms with E-state index in [0.717, 1.165) is 31.2 Å². The second kappa shape index (κ2) is 10.3. The van der Waals surface area contributed by atoms with Crippen molar-refractivity contribution in [3.05, 3.63) is 48.5 Å². The van der Waals surface area contributed by atoms with E-state index in [1.807, 2.05) is 30.3 Å². The Balaban J connectivity index is 1.26. The van der Waals surface area contributed by atoms with Crippen molar-refractivity contribution in [2.45, 2.75) is 62.6 Å². The van der Waals surface area contributed by atoms with E-state index < -0.39 is 45.3 Å². The Kier molecular flexibility index (Phi) is 6.86. The molecule has 6 rings (SSSR count). The summed E-state index contributed by atoms with van der Waals surface area (Å²) < 4.78 is 36.2. The number of hydrogen-bond donors (Lipinski definition) is 4. The number of carbonyl (C=O) groups is 1. The standard InChI is InChI=1S/C23H27N6O8P/c30-23(27-14-8-4-5-9-14)28-19-16-20(25-11-24-19)29(12-26-16)21-18-17(15(35-21)10-34-38(31,32)33)36-22(37-18)13-6-2-1-3-7-13/h1-3,6-7,11-12,14-15,17-18,21-22H,4-5,8-10H2,(H2,31,32,33)(H2,24,25,27,28,30)/t15-,17?,18+,21-,22?/m1/s1. The monoisotopic (exact) mass is 546 g/mol. The number of imidazole rings is 1. The zero-order chi connectivity index (χ0) is 26.3. The number of anilines is 1.